The lowest BCUT2D eigenvalue weighted by molar-refractivity contribution is 0.0992. The van der Waals surface area contributed by atoms with Crippen molar-refractivity contribution in [1.82, 2.24) is 0 Å². The molecule has 0 unspecified atom stereocenters. The number of methoxy groups -OCH3 is 1. The van der Waals surface area contributed by atoms with Crippen molar-refractivity contribution in [2.45, 2.75) is 6.92 Å². The number of benzene rings is 2. The summed E-state index contributed by atoms with van der Waals surface area (Å²) < 4.78 is 5.11. The van der Waals surface area contributed by atoms with Crippen molar-refractivity contribution in [3.05, 3.63) is 53.6 Å². The molecule has 0 spiro atoms. The maximum Gasteiger partial charge on any atom is 0.258 e. The molecule has 2 aromatic rings. The number of rotatable bonds is 3. The van der Waals surface area contributed by atoms with Crippen LogP contribution in [0, 0.1) is 6.92 Å². The van der Waals surface area contributed by atoms with Gasteiger partial charge in [-0.25, -0.2) is 0 Å². The third kappa shape index (κ3) is 2.74. The van der Waals surface area contributed by atoms with Crippen LogP contribution >= 0.6 is 0 Å². The minimum Gasteiger partial charge on any atom is -0.497 e. The standard InChI is InChI=1S/C16H18N2O2/c1-11-4-5-12(17)10-15(11)16(19)18(2)13-6-8-14(20-3)9-7-13/h4-10H,17H2,1-3H3. The van der Waals surface area contributed by atoms with Gasteiger partial charge in [0.05, 0.1) is 7.11 Å². The van der Waals surface area contributed by atoms with Gasteiger partial charge in [0.15, 0.2) is 0 Å². The number of hydrogen-bond donors (Lipinski definition) is 1. The van der Waals surface area contributed by atoms with E-state index in [4.69, 9.17) is 10.5 Å². The molecule has 0 saturated carbocycles. The molecular formula is C16H18N2O2. The summed E-state index contributed by atoms with van der Waals surface area (Å²) >= 11 is 0. The molecule has 0 aliphatic rings. The van der Waals surface area contributed by atoms with Crippen LogP contribution in [0.25, 0.3) is 0 Å². The Hall–Kier alpha value is -2.49. The second-order valence-electron chi connectivity index (χ2n) is 4.64. The van der Waals surface area contributed by atoms with E-state index in [1.807, 2.05) is 37.3 Å². The van der Waals surface area contributed by atoms with Crippen LogP contribution in [0.2, 0.25) is 0 Å². The second-order valence-corrected chi connectivity index (χ2v) is 4.64. The highest BCUT2D eigenvalue weighted by Crippen LogP contribution is 2.21. The van der Waals surface area contributed by atoms with E-state index in [0.717, 1.165) is 17.0 Å². The lowest BCUT2D eigenvalue weighted by atomic mass is 10.1. The first-order valence-corrected chi connectivity index (χ1v) is 6.31. The van der Waals surface area contributed by atoms with Gasteiger partial charge in [-0.15, -0.1) is 0 Å². The number of amides is 1. The number of nitrogen functional groups attached to an aromatic ring is 1. The van der Waals surface area contributed by atoms with Gasteiger partial charge in [0.2, 0.25) is 0 Å². The van der Waals surface area contributed by atoms with Crippen molar-refractivity contribution in [1.29, 1.82) is 0 Å². The van der Waals surface area contributed by atoms with E-state index in [-0.39, 0.29) is 5.91 Å². The van der Waals surface area contributed by atoms with Crippen molar-refractivity contribution in [2.24, 2.45) is 0 Å². The number of aryl methyl sites for hydroxylation is 1. The quantitative estimate of drug-likeness (QED) is 0.872. The van der Waals surface area contributed by atoms with Crippen molar-refractivity contribution in [3.8, 4) is 5.75 Å². The van der Waals surface area contributed by atoms with Crippen LogP contribution in [0.3, 0.4) is 0 Å². The Morgan fingerprint density at radius 3 is 2.40 bits per heavy atom. The molecule has 4 heteroatoms. The summed E-state index contributed by atoms with van der Waals surface area (Å²) in [4.78, 5) is 14.1. The smallest absolute Gasteiger partial charge is 0.258 e. The minimum absolute atomic E-state index is 0.0834. The van der Waals surface area contributed by atoms with Crippen LogP contribution in [-0.4, -0.2) is 20.1 Å². The van der Waals surface area contributed by atoms with E-state index >= 15 is 0 Å². The van der Waals surface area contributed by atoms with Crippen LogP contribution < -0.4 is 15.4 Å². The Bertz CT molecular complexity index is 621. The average molecular weight is 270 g/mol. The molecular weight excluding hydrogens is 252 g/mol. The molecule has 2 N–H and O–H groups in total. The molecule has 104 valence electrons. The fraction of sp³-hybridized carbons (Fsp3) is 0.188. The van der Waals surface area contributed by atoms with Crippen LogP contribution in [0.5, 0.6) is 5.75 Å². The second kappa shape index (κ2) is 5.65. The molecule has 20 heavy (non-hydrogen) atoms. The first kappa shape index (κ1) is 13.9. The molecule has 0 aromatic heterocycles. The van der Waals surface area contributed by atoms with Crippen LogP contribution in [0.4, 0.5) is 11.4 Å². The Balaban J connectivity index is 2.29. The first-order valence-electron chi connectivity index (χ1n) is 6.31. The molecule has 0 fully saturated rings. The van der Waals surface area contributed by atoms with Crippen molar-refractivity contribution in [2.75, 3.05) is 24.8 Å². The highest BCUT2D eigenvalue weighted by atomic mass is 16.5. The average Bonchev–Trinajstić information content (AvgIpc) is 2.48. The molecule has 2 aromatic carbocycles. The Labute approximate surface area is 118 Å². The van der Waals surface area contributed by atoms with Gasteiger partial charge in [0, 0.05) is 24.0 Å². The minimum atomic E-state index is -0.0834. The lowest BCUT2D eigenvalue weighted by Crippen LogP contribution is -2.26. The predicted molar refractivity (Wildman–Crippen MR) is 81.3 cm³/mol. The molecule has 1 amide bonds. The van der Waals surface area contributed by atoms with Gasteiger partial charge >= 0.3 is 0 Å². The molecule has 0 atom stereocenters. The maximum absolute atomic E-state index is 12.5. The molecule has 0 heterocycles. The topological polar surface area (TPSA) is 55.6 Å². The van der Waals surface area contributed by atoms with Gasteiger partial charge < -0.3 is 15.4 Å². The zero-order valence-corrected chi connectivity index (χ0v) is 11.9. The fourth-order valence-electron chi connectivity index (χ4n) is 1.97. The van der Waals surface area contributed by atoms with E-state index in [1.54, 1.807) is 31.2 Å². The number of carbonyl (C=O) groups is 1. The van der Waals surface area contributed by atoms with Crippen molar-refractivity contribution < 1.29 is 9.53 Å². The van der Waals surface area contributed by atoms with E-state index in [1.165, 1.54) is 0 Å². The molecule has 2 rings (SSSR count). The number of ether oxygens (including phenoxy) is 1. The zero-order chi connectivity index (χ0) is 14.7. The Morgan fingerprint density at radius 2 is 1.80 bits per heavy atom. The third-order valence-electron chi connectivity index (χ3n) is 3.26. The van der Waals surface area contributed by atoms with E-state index in [2.05, 4.69) is 0 Å². The monoisotopic (exact) mass is 270 g/mol. The molecule has 0 aliphatic carbocycles. The normalized spacial score (nSPS) is 10.2. The maximum atomic E-state index is 12.5. The highest BCUT2D eigenvalue weighted by molar-refractivity contribution is 6.07. The summed E-state index contributed by atoms with van der Waals surface area (Å²) in [5.41, 5.74) is 8.66. The van der Waals surface area contributed by atoms with Gasteiger partial charge in [-0.2, -0.15) is 0 Å². The van der Waals surface area contributed by atoms with Gasteiger partial charge in [0.25, 0.3) is 5.91 Å². The molecule has 0 aliphatic heterocycles. The number of anilines is 2. The van der Waals surface area contributed by atoms with Crippen molar-refractivity contribution in [3.63, 3.8) is 0 Å². The van der Waals surface area contributed by atoms with Crippen LogP contribution in [0.1, 0.15) is 15.9 Å². The Kier molecular flexibility index (Phi) is 3.94. The van der Waals surface area contributed by atoms with Crippen LogP contribution in [-0.2, 0) is 0 Å². The molecule has 0 saturated heterocycles. The molecule has 4 nitrogen and oxygen atoms in total. The predicted octanol–water partition coefficient (Wildman–Crippen LogP) is 2.86. The number of nitrogens with two attached hydrogens (primary N) is 1. The fourth-order valence-corrected chi connectivity index (χ4v) is 1.97. The van der Waals surface area contributed by atoms with Gasteiger partial charge in [0.1, 0.15) is 5.75 Å². The zero-order valence-electron chi connectivity index (χ0n) is 11.9. The summed E-state index contributed by atoms with van der Waals surface area (Å²) in [5.74, 6) is 0.676. The number of carbonyl (C=O) groups excluding carboxylic acids is 1. The molecule has 0 radical (unpaired) electrons. The van der Waals surface area contributed by atoms with Crippen LogP contribution in [0.15, 0.2) is 42.5 Å². The highest BCUT2D eigenvalue weighted by Gasteiger charge is 2.15. The largest absolute Gasteiger partial charge is 0.497 e. The summed E-state index contributed by atoms with van der Waals surface area (Å²) in [6, 6.07) is 12.7. The Morgan fingerprint density at radius 1 is 1.15 bits per heavy atom. The summed E-state index contributed by atoms with van der Waals surface area (Å²) in [6.07, 6.45) is 0. The number of hydrogen-bond acceptors (Lipinski definition) is 3. The lowest BCUT2D eigenvalue weighted by Gasteiger charge is -2.19. The van der Waals surface area contributed by atoms with Gasteiger partial charge in [-0.05, 0) is 48.9 Å². The van der Waals surface area contributed by atoms with Crippen molar-refractivity contribution >= 4 is 17.3 Å². The van der Waals surface area contributed by atoms with Gasteiger partial charge in [-0.3, -0.25) is 4.79 Å². The molecule has 0 bridgehead atoms. The summed E-state index contributed by atoms with van der Waals surface area (Å²) in [7, 11) is 3.35. The van der Waals surface area contributed by atoms with E-state index in [0.29, 0.717) is 11.3 Å². The van der Waals surface area contributed by atoms with Gasteiger partial charge in [-0.1, -0.05) is 6.07 Å². The third-order valence-corrected chi connectivity index (χ3v) is 3.26. The first-order chi connectivity index (χ1) is 9.52. The summed E-state index contributed by atoms with van der Waals surface area (Å²) in [5, 5.41) is 0. The van der Waals surface area contributed by atoms with E-state index in [9.17, 15) is 4.79 Å². The summed E-state index contributed by atoms with van der Waals surface area (Å²) in [6.45, 7) is 1.90. The number of nitrogens with zero attached hydrogens (tertiary/aromatic N) is 1. The van der Waals surface area contributed by atoms with E-state index < -0.39 is 0 Å². The SMILES string of the molecule is COc1ccc(N(C)C(=O)c2cc(N)ccc2C)cc1.